The van der Waals surface area contributed by atoms with E-state index >= 15 is 0 Å². The number of carbonyl (C=O) groups excluding carboxylic acids is 4. The van der Waals surface area contributed by atoms with Crippen LogP contribution in [-0.4, -0.2) is 65.4 Å². The summed E-state index contributed by atoms with van der Waals surface area (Å²) < 4.78 is 0. The van der Waals surface area contributed by atoms with Gasteiger partial charge in [-0.3, -0.25) is 19.2 Å². The Morgan fingerprint density at radius 2 is 1.38 bits per heavy atom. The molecule has 4 amide bonds. The second-order valence-electron chi connectivity index (χ2n) is 8.89. The number of nitrogens with one attached hydrogen (secondary N) is 3. The molecule has 34 heavy (non-hydrogen) atoms. The first-order valence-electron chi connectivity index (χ1n) is 11.7. The molecular formula is C22H42N6O6. The van der Waals surface area contributed by atoms with Crippen LogP contribution in [0.2, 0.25) is 0 Å². The van der Waals surface area contributed by atoms with Crippen LogP contribution < -0.4 is 33.2 Å². The van der Waals surface area contributed by atoms with E-state index in [2.05, 4.69) is 16.0 Å². The molecule has 10 N–H and O–H groups in total. The molecule has 12 nitrogen and oxygen atoms in total. The maximum Gasteiger partial charge on any atom is 0.326 e. The van der Waals surface area contributed by atoms with Gasteiger partial charge in [0.05, 0.1) is 6.04 Å². The third-order valence-corrected chi connectivity index (χ3v) is 5.68. The highest BCUT2D eigenvalue weighted by atomic mass is 16.4. The summed E-state index contributed by atoms with van der Waals surface area (Å²) >= 11 is 0. The molecule has 0 aliphatic carbocycles. The van der Waals surface area contributed by atoms with Crippen LogP contribution in [0, 0.1) is 11.8 Å². The van der Waals surface area contributed by atoms with E-state index in [1.165, 1.54) is 0 Å². The number of rotatable bonds is 17. The Balaban J connectivity index is 5.60. The maximum atomic E-state index is 13.0. The number of carbonyl (C=O) groups is 5. The monoisotopic (exact) mass is 486 g/mol. The van der Waals surface area contributed by atoms with Crippen molar-refractivity contribution in [3.8, 4) is 0 Å². The zero-order valence-corrected chi connectivity index (χ0v) is 20.6. The lowest BCUT2D eigenvalue weighted by Crippen LogP contribution is -2.58. The molecule has 0 aliphatic heterocycles. The fourth-order valence-electron chi connectivity index (χ4n) is 3.14. The summed E-state index contributed by atoms with van der Waals surface area (Å²) in [6.07, 6.45) is 1.71. The first-order chi connectivity index (χ1) is 15.8. The Hall–Kier alpha value is -2.73. The van der Waals surface area contributed by atoms with Crippen LogP contribution >= 0.6 is 0 Å². The van der Waals surface area contributed by atoms with Crippen molar-refractivity contribution in [3.63, 3.8) is 0 Å². The number of carboxylic acid groups (broad SMARTS) is 1. The summed E-state index contributed by atoms with van der Waals surface area (Å²) in [7, 11) is 0. The summed E-state index contributed by atoms with van der Waals surface area (Å²) in [6, 6.07) is -4.21. The van der Waals surface area contributed by atoms with Crippen LogP contribution in [0.3, 0.4) is 0 Å². The van der Waals surface area contributed by atoms with Gasteiger partial charge in [0, 0.05) is 6.42 Å². The van der Waals surface area contributed by atoms with E-state index in [-0.39, 0.29) is 31.1 Å². The minimum atomic E-state index is -1.19. The molecule has 0 aromatic heterocycles. The number of carboxylic acids is 1. The molecule has 0 rings (SSSR count). The fraction of sp³-hybridized carbons (Fsp3) is 0.773. The smallest absolute Gasteiger partial charge is 0.326 e. The molecule has 0 saturated heterocycles. The lowest BCUT2D eigenvalue weighted by molar-refractivity contribution is -0.143. The first kappa shape index (κ1) is 31.3. The van der Waals surface area contributed by atoms with Gasteiger partial charge in [-0.15, -0.1) is 0 Å². The highest BCUT2D eigenvalue weighted by molar-refractivity contribution is 5.94. The van der Waals surface area contributed by atoms with Crippen molar-refractivity contribution in [2.45, 2.75) is 90.4 Å². The van der Waals surface area contributed by atoms with E-state index in [1.54, 1.807) is 20.8 Å². The number of hydrogen-bond acceptors (Lipinski definition) is 7. The summed E-state index contributed by atoms with van der Waals surface area (Å²) in [4.78, 5) is 61.1. The van der Waals surface area contributed by atoms with Gasteiger partial charge in [-0.25, -0.2) is 4.79 Å². The van der Waals surface area contributed by atoms with Crippen LogP contribution in [0.25, 0.3) is 0 Å². The van der Waals surface area contributed by atoms with E-state index < -0.39 is 53.8 Å². The average molecular weight is 487 g/mol. The number of hydrogen-bond donors (Lipinski definition) is 7. The largest absolute Gasteiger partial charge is 0.480 e. The van der Waals surface area contributed by atoms with Gasteiger partial charge < -0.3 is 38.3 Å². The van der Waals surface area contributed by atoms with E-state index in [0.717, 1.165) is 0 Å². The van der Waals surface area contributed by atoms with Crippen LogP contribution in [0.15, 0.2) is 0 Å². The van der Waals surface area contributed by atoms with Crippen LogP contribution in [0.5, 0.6) is 0 Å². The summed E-state index contributed by atoms with van der Waals surface area (Å²) in [5, 5.41) is 17.0. The van der Waals surface area contributed by atoms with Crippen LogP contribution in [0.1, 0.15) is 66.2 Å². The zero-order chi connectivity index (χ0) is 26.4. The van der Waals surface area contributed by atoms with E-state index in [4.69, 9.17) is 17.2 Å². The van der Waals surface area contributed by atoms with Crippen molar-refractivity contribution in [1.29, 1.82) is 0 Å². The maximum absolute atomic E-state index is 13.0. The lowest BCUT2D eigenvalue weighted by Gasteiger charge is -2.26. The third-order valence-electron chi connectivity index (χ3n) is 5.68. The number of amides is 4. The summed E-state index contributed by atoms with van der Waals surface area (Å²) in [5.74, 6) is -4.30. The Kier molecular flexibility index (Phi) is 14.7. The number of nitrogens with two attached hydrogens (primary N) is 3. The van der Waals surface area contributed by atoms with Gasteiger partial charge in [-0.1, -0.05) is 34.1 Å². The molecule has 0 saturated carbocycles. The van der Waals surface area contributed by atoms with Gasteiger partial charge in [-0.05, 0) is 44.1 Å². The molecule has 0 aromatic rings. The van der Waals surface area contributed by atoms with Gasteiger partial charge in [0.2, 0.25) is 23.6 Å². The zero-order valence-electron chi connectivity index (χ0n) is 20.6. The average Bonchev–Trinajstić information content (AvgIpc) is 2.77. The molecule has 196 valence electrons. The highest BCUT2D eigenvalue weighted by Crippen LogP contribution is 2.09. The Morgan fingerprint density at radius 3 is 1.85 bits per heavy atom. The molecule has 0 aromatic carbocycles. The summed E-state index contributed by atoms with van der Waals surface area (Å²) in [6.45, 7) is 7.36. The molecular weight excluding hydrogens is 444 g/mol. The molecule has 12 heteroatoms. The minimum absolute atomic E-state index is 0.0823. The van der Waals surface area contributed by atoms with Crippen LogP contribution in [-0.2, 0) is 24.0 Å². The number of unbranched alkanes of at least 4 members (excludes halogenated alkanes) is 1. The third kappa shape index (κ3) is 11.4. The van der Waals surface area contributed by atoms with Gasteiger partial charge >= 0.3 is 5.97 Å². The summed E-state index contributed by atoms with van der Waals surface area (Å²) in [5.41, 5.74) is 16.7. The van der Waals surface area contributed by atoms with Gasteiger partial charge in [0.15, 0.2) is 0 Å². The normalized spacial score (nSPS) is 15.5. The second-order valence-corrected chi connectivity index (χ2v) is 8.89. The molecule has 0 bridgehead atoms. The number of aliphatic carboxylic acids is 1. The Bertz CT molecular complexity index is 701. The molecule has 0 aliphatic rings. The van der Waals surface area contributed by atoms with Crippen molar-refractivity contribution >= 4 is 29.6 Å². The second kappa shape index (κ2) is 16.0. The van der Waals surface area contributed by atoms with Crippen LogP contribution in [0.4, 0.5) is 0 Å². The van der Waals surface area contributed by atoms with Gasteiger partial charge in [0.25, 0.3) is 0 Å². The minimum Gasteiger partial charge on any atom is -0.480 e. The van der Waals surface area contributed by atoms with Crippen molar-refractivity contribution in [2.75, 3.05) is 6.54 Å². The first-order valence-corrected chi connectivity index (χ1v) is 11.7. The molecule has 0 spiro atoms. The Morgan fingerprint density at radius 1 is 0.853 bits per heavy atom. The molecule has 5 atom stereocenters. The fourth-order valence-corrected chi connectivity index (χ4v) is 3.14. The number of primary amides is 1. The van der Waals surface area contributed by atoms with Crippen molar-refractivity contribution < 1.29 is 29.1 Å². The lowest BCUT2D eigenvalue weighted by atomic mass is 9.98. The molecule has 0 radical (unpaired) electrons. The standard InChI is InChI=1S/C22H42N6O6/c1-5-13(4)17(25)21(32)27-15(9-10-16(24)29)19(30)26-14(8-6-7-11-23)20(31)28-18(12(2)3)22(33)34/h12-15,17-18H,5-11,23,25H2,1-4H3,(H2,24,29)(H,26,30)(H,27,32)(H,28,31)(H,33,34). The van der Waals surface area contributed by atoms with E-state index in [0.29, 0.717) is 25.8 Å². The highest BCUT2D eigenvalue weighted by Gasteiger charge is 2.31. The molecule has 0 fully saturated rings. The predicted octanol–water partition coefficient (Wildman–Crippen LogP) is -1.05. The molecule has 5 unspecified atom stereocenters. The van der Waals surface area contributed by atoms with Crippen molar-refractivity contribution in [2.24, 2.45) is 29.0 Å². The molecule has 0 heterocycles. The van der Waals surface area contributed by atoms with Gasteiger partial charge in [-0.2, -0.15) is 0 Å². The Labute approximate surface area is 201 Å². The van der Waals surface area contributed by atoms with E-state index in [1.807, 2.05) is 6.92 Å². The predicted molar refractivity (Wildman–Crippen MR) is 127 cm³/mol. The quantitative estimate of drug-likeness (QED) is 0.125. The van der Waals surface area contributed by atoms with Crippen molar-refractivity contribution in [3.05, 3.63) is 0 Å². The topological polar surface area (TPSA) is 220 Å². The van der Waals surface area contributed by atoms with E-state index in [9.17, 15) is 29.1 Å². The SMILES string of the molecule is CCC(C)C(N)C(=O)NC(CCC(N)=O)C(=O)NC(CCCCN)C(=O)NC(C(=O)O)C(C)C. The van der Waals surface area contributed by atoms with Gasteiger partial charge in [0.1, 0.15) is 18.1 Å². The van der Waals surface area contributed by atoms with Crippen molar-refractivity contribution in [1.82, 2.24) is 16.0 Å².